The molecule has 0 saturated carbocycles. The van der Waals surface area contributed by atoms with E-state index in [2.05, 4.69) is 4.98 Å². The van der Waals surface area contributed by atoms with Crippen molar-refractivity contribution in [3.63, 3.8) is 0 Å². The molecule has 8 heteroatoms. The second kappa shape index (κ2) is 4.99. The van der Waals surface area contributed by atoms with Crippen molar-refractivity contribution >= 4 is 17.3 Å². The van der Waals surface area contributed by atoms with Crippen LogP contribution in [0, 0.1) is 10.1 Å². The summed E-state index contributed by atoms with van der Waals surface area (Å²) >= 11 is 5.78. The van der Waals surface area contributed by atoms with E-state index in [1.54, 1.807) is 0 Å². The second-order valence-electron chi connectivity index (χ2n) is 3.49. The normalized spacial score (nSPS) is 10.2. The van der Waals surface area contributed by atoms with Crippen LogP contribution in [0.4, 0.5) is 5.69 Å². The molecular formula is C11H7ClN2O5. The molecule has 0 radical (unpaired) electrons. The molecule has 0 atom stereocenters. The molecule has 19 heavy (non-hydrogen) atoms. The molecule has 2 rings (SSSR count). The van der Waals surface area contributed by atoms with Crippen LogP contribution in [0.1, 0.15) is 0 Å². The van der Waals surface area contributed by atoms with Crippen molar-refractivity contribution in [3.8, 4) is 23.1 Å². The highest BCUT2D eigenvalue weighted by atomic mass is 35.5. The van der Waals surface area contributed by atoms with Crippen molar-refractivity contribution in [2.24, 2.45) is 0 Å². The van der Waals surface area contributed by atoms with Gasteiger partial charge in [0.25, 0.3) is 5.69 Å². The number of nitro groups is 1. The quantitative estimate of drug-likeness (QED) is 0.509. The Labute approximate surface area is 111 Å². The van der Waals surface area contributed by atoms with Crippen molar-refractivity contribution < 1.29 is 19.9 Å². The van der Waals surface area contributed by atoms with Gasteiger partial charge in [0.1, 0.15) is 17.0 Å². The number of benzene rings is 1. The van der Waals surface area contributed by atoms with Crippen LogP contribution < -0.4 is 4.74 Å². The second-order valence-corrected chi connectivity index (χ2v) is 3.90. The Bertz CT molecular complexity index is 647. The third-order valence-corrected chi connectivity index (χ3v) is 2.42. The number of aromatic nitrogens is 1. The van der Waals surface area contributed by atoms with Gasteiger partial charge < -0.3 is 14.9 Å². The highest BCUT2D eigenvalue weighted by Crippen LogP contribution is 2.36. The van der Waals surface area contributed by atoms with Gasteiger partial charge in [-0.25, -0.2) is 4.98 Å². The van der Waals surface area contributed by atoms with Gasteiger partial charge in [0.2, 0.25) is 5.88 Å². The Hall–Kier alpha value is -2.54. The van der Waals surface area contributed by atoms with Gasteiger partial charge in [-0.2, -0.15) is 0 Å². The number of nitrogens with zero attached hydrogens (tertiary/aromatic N) is 2. The van der Waals surface area contributed by atoms with Gasteiger partial charge in [-0.3, -0.25) is 10.1 Å². The zero-order valence-electron chi connectivity index (χ0n) is 9.28. The first-order chi connectivity index (χ1) is 8.97. The summed E-state index contributed by atoms with van der Waals surface area (Å²) in [5.41, 5.74) is -0.280. The van der Waals surface area contributed by atoms with Crippen LogP contribution >= 0.6 is 11.6 Å². The Balaban J connectivity index is 2.33. The molecule has 2 aromatic rings. The summed E-state index contributed by atoms with van der Waals surface area (Å²) < 4.78 is 5.18. The van der Waals surface area contributed by atoms with E-state index in [1.165, 1.54) is 12.1 Å². The van der Waals surface area contributed by atoms with E-state index in [1.807, 2.05) is 0 Å². The van der Waals surface area contributed by atoms with E-state index in [4.69, 9.17) is 16.3 Å². The number of rotatable bonds is 3. The molecule has 1 aromatic carbocycles. The summed E-state index contributed by atoms with van der Waals surface area (Å²) in [4.78, 5) is 13.5. The minimum atomic E-state index is -0.644. The van der Waals surface area contributed by atoms with Gasteiger partial charge in [0.15, 0.2) is 11.5 Å². The Kier molecular flexibility index (Phi) is 3.39. The first-order valence-corrected chi connectivity index (χ1v) is 5.35. The first kappa shape index (κ1) is 12.9. The van der Waals surface area contributed by atoms with Crippen LogP contribution in [0.2, 0.25) is 5.02 Å². The van der Waals surface area contributed by atoms with E-state index < -0.39 is 4.92 Å². The summed E-state index contributed by atoms with van der Waals surface area (Å²) in [7, 11) is 0. The molecule has 98 valence electrons. The molecule has 0 saturated heterocycles. The Morgan fingerprint density at radius 3 is 2.68 bits per heavy atom. The number of phenols is 2. The molecule has 7 nitrogen and oxygen atoms in total. The minimum Gasteiger partial charge on any atom is -0.508 e. The first-order valence-electron chi connectivity index (χ1n) is 4.97. The maximum Gasteiger partial charge on any atom is 0.289 e. The maximum absolute atomic E-state index is 10.5. The molecule has 0 aliphatic carbocycles. The summed E-state index contributed by atoms with van der Waals surface area (Å²) in [5.74, 6) is -0.531. The van der Waals surface area contributed by atoms with Crippen LogP contribution in [-0.2, 0) is 0 Å². The van der Waals surface area contributed by atoms with Crippen LogP contribution in [0.3, 0.4) is 0 Å². The summed E-state index contributed by atoms with van der Waals surface area (Å²) in [5, 5.41) is 29.2. The third kappa shape index (κ3) is 2.83. The lowest BCUT2D eigenvalue weighted by molar-refractivity contribution is -0.385. The molecule has 0 spiro atoms. The van der Waals surface area contributed by atoms with Crippen LogP contribution in [0.25, 0.3) is 0 Å². The van der Waals surface area contributed by atoms with Crippen LogP contribution in [0.15, 0.2) is 30.5 Å². The van der Waals surface area contributed by atoms with Crippen LogP contribution in [0.5, 0.6) is 23.1 Å². The van der Waals surface area contributed by atoms with Crippen molar-refractivity contribution in [1.82, 2.24) is 4.98 Å². The van der Waals surface area contributed by atoms with Crippen molar-refractivity contribution in [2.75, 3.05) is 0 Å². The third-order valence-electron chi connectivity index (χ3n) is 2.15. The SMILES string of the molecule is O=[N+]([O-])c1cnc(Oc2cc(O)ccc2O)c(Cl)c1. The van der Waals surface area contributed by atoms with Gasteiger partial charge in [0.05, 0.1) is 4.92 Å². The number of halogens is 1. The lowest BCUT2D eigenvalue weighted by atomic mass is 10.3. The molecular weight excluding hydrogens is 276 g/mol. The average molecular weight is 283 g/mol. The fourth-order valence-corrected chi connectivity index (χ4v) is 1.48. The Morgan fingerprint density at radius 2 is 2.05 bits per heavy atom. The maximum atomic E-state index is 10.5. The number of hydrogen-bond acceptors (Lipinski definition) is 6. The van der Waals surface area contributed by atoms with E-state index in [9.17, 15) is 20.3 Å². The number of phenolic OH excluding ortho intramolecular Hbond substituents is 2. The molecule has 0 amide bonds. The molecule has 0 fully saturated rings. The monoisotopic (exact) mass is 282 g/mol. The number of hydrogen-bond donors (Lipinski definition) is 2. The molecule has 1 heterocycles. The van der Waals surface area contributed by atoms with Crippen LogP contribution in [-0.4, -0.2) is 20.1 Å². The highest BCUT2D eigenvalue weighted by molar-refractivity contribution is 6.32. The standard InChI is InChI=1S/C11H7ClN2O5/c12-8-3-6(14(17)18)5-13-11(8)19-10-4-7(15)1-2-9(10)16/h1-5,15-16H. The Morgan fingerprint density at radius 1 is 1.32 bits per heavy atom. The lowest BCUT2D eigenvalue weighted by Gasteiger charge is -2.08. The molecule has 0 bridgehead atoms. The highest BCUT2D eigenvalue weighted by Gasteiger charge is 2.14. The van der Waals surface area contributed by atoms with Crippen molar-refractivity contribution in [2.45, 2.75) is 0 Å². The van der Waals surface area contributed by atoms with E-state index in [0.29, 0.717) is 0 Å². The summed E-state index contributed by atoms with van der Waals surface area (Å²) in [6.07, 6.45) is 0.973. The summed E-state index contributed by atoms with van der Waals surface area (Å²) in [6, 6.07) is 4.73. The molecule has 0 aliphatic rings. The molecule has 1 aromatic heterocycles. The summed E-state index contributed by atoms with van der Waals surface area (Å²) in [6.45, 7) is 0. The fraction of sp³-hybridized carbons (Fsp3) is 0. The smallest absolute Gasteiger partial charge is 0.289 e. The number of aromatic hydroxyl groups is 2. The number of pyridine rings is 1. The van der Waals surface area contributed by atoms with Gasteiger partial charge in [-0.1, -0.05) is 11.6 Å². The molecule has 0 aliphatic heterocycles. The van der Waals surface area contributed by atoms with Crippen molar-refractivity contribution in [3.05, 3.63) is 45.6 Å². The average Bonchev–Trinajstić information content (AvgIpc) is 2.36. The molecule has 0 unspecified atom stereocenters. The van der Waals surface area contributed by atoms with E-state index in [0.717, 1.165) is 18.3 Å². The van der Waals surface area contributed by atoms with Gasteiger partial charge in [-0.15, -0.1) is 0 Å². The minimum absolute atomic E-state index is 0.0664. The zero-order chi connectivity index (χ0) is 14.0. The fourth-order valence-electron chi connectivity index (χ4n) is 1.28. The lowest BCUT2D eigenvalue weighted by Crippen LogP contribution is -1.93. The zero-order valence-corrected chi connectivity index (χ0v) is 10.0. The predicted octanol–water partition coefficient (Wildman–Crippen LogP) is 2.85. The van der Waals surface area contributed by atoms with E-state index in [-0.39, 0.29) is 33.8 Å². The number of ether oxygens (including phenoxy) is 1. The largest absolute Gasteiger partial charge is 0.508 e. The van der Waals surface area contributed by atoms with Crippen molar-refractivity contribution in [1.29, 1.82) is 0 Å². The van der Waals surface area contributed by atoms with Gasteiger partial charge in [-0.05, 0) is 12.1 Å². The van der Waals surface area contributed by atoms with E-state index >= 15 is 0 Å². The van der Waals surface area contributed by atoms with Gasteiger partial charge >= 0.3 is 0 Å². The predicted molar refractivity (Wildman–Crippen MR) is 65.7 cm³/mol. The molecule has 2 N–H and O–H groups in total. The topological polar surface area (TPSA) is 106 Å². The van der Waals surface area contributed by atoms with Gasteiger partial charge in [0, 0.05) is 12.1 Å².